The van der Waals surface area contributed by atoms with Crippen LogP contribution in [0.4, 0.5) is 30.8 Å². The SMILES string of the molecule is COc1cc(OC[C@H]2CCCN2C(=O)OC(C)(C)C)c2c(Nc3cnn(CC(=O)Nc4cccc(F)c4F)c3)ncnc2c1. The summed E-state index contributed by atoms with van der Waals surface area (Å²) in [5.41, 5.74) is 0.185. The lowest BCUT2D eigenvalue weighted by molar-refractivity contribution is -0.116. The Labute approximate surface area is 252 Å². The second kappa shape index (κ2) is 12.7. The van der Waals surface area contributed by atoms with Crippen molar-refractivity contribution < 1.29 is 32.6 Å². The minimum atomic E-state index is -1.14. The van der Waals surface area contributed by atoms with Crippen molar-refractivity contribution in [3.05, 3.63) is 60.7 Å². The zero-order valence-electron chi connectivity index (χ0n) is 24.8. The van der Waals surface area contributed by atoms with E-state index >= 15 is 0 Å². The number of halogens is 2. The number of anilines is 3. The summed E-state index contributed by atoms with van der Waals surface area (Å²) in [5.74, 6) is -1.40. The minimum absolute atomic E-state index is 0.183. The molecule has 2 amide bonds. The number of amides is 2. The normalized spacial score (nSPS) is 14.9. The molecule has 0 spiro atoms. The molecule has 14 heteroatoms. The number of nitrogens with zero attached hydrogens (tertiary/aromatic N) is 5. The van der Waals surface area contributed by atoms with Crippen LogP contribution in [-0.2, 0) is 16.1 Å². The summed E-state index contributed by atoms with van der Waals surface area (Å²) in [5, 5.41) is 10.3. The van der Waals surface area contributed by atoms with Gasteiger partial charge in [-0.05, 0) is 45.7 Å². The molecule has 1 saturated heterocycles. The van der Waals surface area contributed by atoms with Gasteiger partial charge in [-0.1, -0.05) is 6.07 Å². The van der Waals surface area contributed by atoms with Crippen LogP contribution in [0.1, 0.15) is 33.6 Å². The predicted octanol–water partition coefficient (Wildman–Crippen LogP) is 5.27. The Bertz CT molecular complexity index is 1670. The van der Waals surface area contributed by atoms with Crippen molar-refractivity contribution in [3.8, 4) is 11.5 Å². The number of methoxy groups -OCH3 is 1. The molecule has 1 fully saturated rings. The highest BCUT2D eigenvalue weighted by Crippen LogP contribution is 2.36. The molecular weight excluding hydrogens is 576 g/mol. The molecule has 2 N–H and O–H groups in total. The molecule has 1 atom stereocenters. The highest BCUT2D eigenvalue weighted by Gasteiger charge is 2.33. The summed E-state index contributed by atoms with van der Waals surface area (Å²) in [6.45, 7) is 6.04. The zero-order chi connectivity index (χ0) is 31.4. The summed E-state index contributed by atoms with van der Waals surface area (Å²) in [6.07, 6.45) is 5.67. The molecular formula is C30H33F2N7O5. The number of hydrogen-bond acceptors (Lipinski definition) is 9. The van der Waals surface area contributed by atoms with E-state index in [1.54, 1.807) is 30.3 Å². The molecule has 0 radical (unpaired) electrons. The Balaban J connectivity index is 1.32. The Morgan fingerprint density at radius 3 is 2.75 bits per heavy atom. The average Bonchev–Trinajstić information content (AvgIpc) is 3.62. The number of ether oxygens (including phenoxy) is 3. The molecule has 4 aromatic rings. The van der Waals surface area contributed by atoms with Crippen LogP contribution in [0.3, 0.4) is 0 Å². The number of carbonyl (C=O) groups excluding carboxylic acids is 2. The fraction of sp³-hybridized carbons (Fsp3) is 0.367. The second-order valence-electron chi connectivity index (χ2n) is 11.2. The first-order valence-corrected chi connectivity index (χ1v) is 14.0. The maximum Gasteiger partial charge on any atom is 0.410 e. The highest BCUT2D eigenvalue weighted by molar-refractivity contribution is 5.97. The maximum atomic E-state index is 13.9. The van der Waals surface area contributed by atoms with E-state index in [0.29, 0.717) is 40.5 Å². The average molecular weight is 610 g/mol. The van der Waals surface area contributed by atoms with E-state index < -0.39 is 23.1 Å². The fourth-order valence-electron chi connectivity index (χ4n) is 4.80. The molecule has 0 bridgehead atoms. The monoisotopic (exact) mass is 609 g/mol. The summed E-state index contributed by atoms with van der Waals surface area (Å²) in [7, 11) is 1.54. The Morgan fingerprint density at radius 2 is 1.98 bits per heavy atom. The molecule has 2 aromatic carbocycles. The van der Waals surface area contributed by atoms with E-state index in [9.17, 15) is 18.4 Å². The molecule has 0 saturated carbocycles. The van der Waals surface area contributed by atoms with Crippen LogP contribution in [0, 0.1) is 11.6 Å². The van der Waals surface area contributed by atoms with Gasteiger partial charge in [0.15, 0.2) is 11.6 Å². The number of carbonyl (C=O) groups is 2. The van der Waals surface area contributed by atoms with Crippen LogP contribution in [-0.4, -0.2) is 68.6 Å². The third-order valence-electron chi connectivity index (χ3n) is 6.77. The highest BCUT2D eigenvalue weighted by atomic mass is 19.2. The maximum absolute atomic E-state index is 13.9. The standard InChI is InChI=1S/C30H33F2N7O5/c1-30(2,3)44-29(41)39-10-6-7-19(39)16-43-24-12-20(42-4)11-23-26(24)28(34-17-33-23)36-18-13-35-38(14-18)15-25(40)37-22-9-5-8-21(31)27(22)32/h5,8-9,11-14,17,19H,6-7,10,15-16H2,1-4H3,(H,37,40)(H,33,34,36)/t19-/m1/s1. The third kappa shape index (κ3) is 7.13. The first kappa shape index (κ1) is 30.4. The zero-order valence-corrected chi connectivity index (χ0v) is 24.8. The number of benzene rings is 2. The summed E-state index contributed by atoms with van der Waals surface area (Å²) in [4.78, 5) is 35.7. The number of hydrogen-bond donors (Lipinski definition) is 2. The van der Waals surface area contributed by atoms with Crippen molar-refractivity contribution in [2.75, 3.05) is 30.9 Å². The molecule has 2 aromatic heterocycles. The van der Waals surface area contributed by atoms with E-state index in [1.165, 1.54) is 29.3 Å². The van der Waals surface area contributed by atoms with Gasteiger partial charge in [0.1, 0.15) is 42.4 Å². The van der Waals surface area contributed by atoms with Crippen molar-refractivity contribution in [3.63, 3.8) is 0 Å². The van der Waals surface area contributed by atoms with Crippen LogP contribution in [0.15, 0.2) is 49.1 Å². The van der Waals surface area contributed by atoms with Gasteiger partial charge in [-0.25, -0.2) is 23.5 Å². The van der Waals surface area contributed by atoms with Gasteiger partial charge in [0.2, 0.25) is 5.91 Å². The Morgan fingerprint density at radius 1 is 1.16 bits per heavy atom. The molecule has 1 aliphatic rings. The van der Waals surface area contributed by atoms with Gasteiger partial charge in [0.05, 0.1) is 41.6 Å². The largest absolute Gasteiger partial charge is 0.497 e. The topological polar surface area (TPSA) is 133 Å². The first-order chi connectivity index (χ1) is 21.0. The van der Waals surface area contributed by atoms with Gasteiger partial charge >= 0.3 is 6.09 Å². The van der Waals surface area contributed by atoms with E-state index in [1.807, 2.05) is 20.8 Å². The van der Waals surface area contributed by atoms with Crippen molar-refractivity contribution in [1.82, 2.24) is 24.6 Å². The van der Waals surface area contributed by atoms with Gasteiger partial charge in [0.25, 0.3) is 0 Å². The summed E-state index contributed by atoms with van der Waals surface area (Å²) in [6, 6.07) is 6.82. The minimum Gasteiger partial charge on any atom is -0.497 e. The number of rotatable bonds is 9. The van der Waals surface area contributed by atoms with Crippen molar-refractivity contribution in [1.29, 1.82) is 0 Å². The van der Waals surface area contributed by atoms with Gasteiger partial charge in [-0.3, -0.25) is 9.48 Å². The first-order valence-electron chi connectivity index (χ1n) is 14.0. The molecule has 12 nitrogen and oxygen atoms in total. The summed E-state index contributed by atoms with van der Waals surface area (Å²) >= 11 is 0. The fourth-order valence-corrected chi connectivity index (χ4v) is 4.80. The van der Waals surface area contributed by atoms with Crippen molar-refractivity contribution in [2.24, 2.45) is 0 Å². The lowest BCUT2D eigenvalue weighted by atomic mass is 10.2. The number of likely N-dealkylation sites (tertiary alicyclic amines) is 1. The number of nitrogens with one attached hydrogen (secondary N) is 2. The lowest BCUT2D eigenvalue weighted by Crippen LogP contribution is -2.42. The van der Waals surface area contributed by atoms with E-state index in [0.717, 1.165) is 18.9 Å². The molecule has 3 heterocycles. The smallest absolute Gasteiger partial charge is 0.410 e. The van der Waals surface area contributed by atoms with Crippen LogP contribution in [0.2, 0.25) is 0 Å². The lowest BCUT2D eigenvalue weighted by Gasteiger charge is -2.28. The van der Waals surface area contributed by atoms with E-state index in [-0.39, 0.29) is 31.0 Å². The Kier molecular flexibility index (Phi) is 8.78. The molecule has 232 valence electrons. The van der Waals surface area contributed by atoms with Crippen LogP contribution < -0.4 is 20.1 Å². The van der Waals surface area contributed by atoms with Crippen LogP contribution in [0.25, 0.3) is 10.9 Å². The quantitative estimate of drug-likeness (QED) is 0.260. The van der Waals surface area contributed by atoms with Crippen molar-refractivity contribution in [2.45, 2.75) is 51.8 Å². The Hall–Kier alpha value is -5.01. The molecule has 0 unspecified atom stereocenters. The van der Waals surface area contributed by atoms with E-state index in [4.69, 9.17) is 14.2 Å². The van der Waals surface area contributed by atoms with Gasteiger partial charge < -0.3 is 29.7 Å². The van der Waals surface area contributed by atoms with E-state index in [2.05, 4.69) is 25.7 Å². The number of fused-ring (bicyclic) bond motifs is 1. The summed E-state index contributed by atoms with van der Waals surface area (Å²) < 4.78 is 46.1. The van der Waals surface area contributed by atoms with Gasteiger partial charge in [0, 0.05) is 24.9 Å². The third-order valence-corrected chi connectivity index (χ3v) is 6.77. The van der Waals surface area contributed by atoms with Gasteiger partial charge in [-0.15, -0.1) is 0 Å². The van der Waals surface area contributed by atoms with Crippen LogP contribution in [0.5, 0.6) is 11.5 Å². The molecule has 44 heavy (non-hydrogen) atoms. The van der Waals surface area contributed by atoms with Crippen molar-refractivity contribution >= 4 is 40.1 Å². The predicted molar refractivity (Wildman–Crippen MR) is 158 cm³/mol. The number of aromatic nitrogens is 4. The molecule has 1 aliphatic heterocycles. The molecule has 5 rings (SSSR count). The second-order valence-corrected chi connectivity index (χ2v) is 11.2. The molecule has 0 aliphatic carbocycles. The van der Waals surface area contributed by atoms with Gasteiger partial charge in [-0.2, -0.15) is 5.10 Å². The van der Waals surface area contributed by atoms with Crippen LogP contribution >= 0.6 is 0 Å².